The molecular weight excluding hydrogens is 565 g/mol. The van der Waals surface area contributed by atoms with Crippen molar-refractivity contribution >= 4 is 0 Å². The zero-order chi connectivity index (χ0) is 33.2. The van der Waals surface area contributed by atoms with Crippen LogP contribution in [0.2, 0.25) is 0 Å². The Morgan fingerprint density at radius 2 is 1.19 bits per heavy atom. The third-order valence-electron chi connectivity index (χ3n) is 18.7. The second kappa shape index (κ2) is 8.87. The van der Waals surface area contributed by atoms with E-state index in [0.29, 0.717) is 5.41 Å². The largest absolute Gasteiger partial charge is 0.0798 e. The van der Waals surface area contributed by atoms with Gasteiger partial charge in [-0.15, -0.1) is 0 Å². The van der Waals surface area contributed by atoms with Gasteiger partial charge in [0.1, 0.15) is 0 Å². The normalized spacial score (nSPS) is 53.0. The predicted molar refractivity (Wildman–Crippen MR) is 198 cm³/mol. The minimum atomic E-state index is -0.0664. The molecule has 10 rings (SSSR count). The molecule has 0 heteroatoms. The van der Waals surface area contributed by atoms with Crippen molar-refractivity contribution in [2.24, 2.45) is 61.1 Å². The van der Waals surface area contributed by atoms with Crippen LogP contribution < -0.4 is 0 Å². The summed E-state index contributed by atoms with van der Waals surface area (Å²) in [6.45, 7) is 26.1. The Bertz CT molecular complexity index is 1750. The Morgan fingerprint density at radius 1 is 0.681 bits per heavy atom. The van der Waals surface area contributed by atoms with E-state index in [0.717, 1.165) is 30.6 Å². The maximum absolute atomic E-state index is 2.75. The molecule has 0 saturated heterocycles. The van der Waals surface area contributed by atoms with Crippen molar-refractivity contribution in [2.45, 2.75) is 121 Å². The van der Waals surface area contributed by atoms with Crippen molar-refractivity contribution in [3.63, 3.8) is 0 Å². The van der Waals surface area contributed by atoms with Crippen molar-refractivity contribution < 1.29 is 0 Å². The molecule has 6 fully saturated rings. The Morgan fingerprint density at radius 3 is 1.74 bits per heavy atom. The Labute approximate surface area is 286 Å². The lowest BCUT2D eigenvalue weighted by Gasteiger charge is -2.79. The van der Waals surface area contributed by atoms with Crippen molar-refractivity contribution in [1.29, 1.82) is 0 Å². The van der Waals surface area contributed by atoms with Gasteiger partial charge in [0.25, 0.3) is 0 Å². The van der Waals surface area contributed by atoms with Gasteiger partial charge in [-0.25, -0.2) is 0 Å². The highest BCUT2D eigenvalue weighted by molar-refractivity contribution is 5.69. The summed E-state index contributed by atoms with van der Waals surface area (Å²) in [6.07, 6.45) is 39.0. The van der Waals surface area contributed by atoms with E-state index in [1.54, 1.807) is 33.4 Å². The van der Waals surface area contributed by atoms with E-state index >= 15 is 0 Å². The van der Waals surface area contributed by atoms with E-state index in [4.69, 9.17) is 0 Å². The monoisotopic (exact) mass is 624 g/mol. The fraction of sp³-hybridized carbons (Fsp3) is 0.617. The molecule has 0 nitrogen and oxygen atoms in total. The first-order valence-electron chi connectivity index (χ1n) is 19.3. The van der Waals surface area contributed by atoms with Crippen LogP contribution in [0.1, 0.15) is 121 Å². The summed E-state index contributed by atoms with van der Waals surface area (Å²) in [5.74, 6) is 2.89. The van der Waals surface area contributed by atoms with E-state index in [-0.39, 0.29) is 37.9 Å². The predicted octanol–water partition coefficient (Wildman–Crippen LogP) is 12.8. The van der Waals surface area contributed by atoms with Crippen LogP contribution in [0.4, 0.5) is 0 Å². The van der Waals surface area contributed by atoms with Gasteiger partial charge in [0, 0.05) is 27.1 Å². The molecule has 248 valence electrons. The summed E-state index contributed by atoms with van der Waals surface area (Å²) in [5, 5.41) is 0. The van der Waals surface area contributed by atoms with E-state index in [1.807, 2.05) is 0 Å². The van der Waals surface area contributed by atoms with Crippen molar-refractivity contribution in [3.8, 4) is 0 Å². The van der Waals surface area contributed by atoms with Gasteiger partial charge in [0.2, 0.25) is 0 Å². The molecule has 0 heterocycles. The molecule has 0 N–H and O–H groups in total. The molecule has 4 bridgehead atoms. The molecule has 7 atom stereocenters. The third kappa shape index (κ3) is 3.01. The number of hydrogen-bond acceptors (Lipinski definition) is 0. The molecule has 0 aromatic rings. The standard InChI is InChI=1S/C47H60/c1-30(2)37-25-35-29-44(8)42(6)20-12-11-18-40(42,4)41(5)19-13-14-21-43(41,7)46(44,10)45(35,9)31(3)39(37)36-16-15-17-38(36)47-26-32-22-33(27-47)24-34(23-32)28-47/h11-15,17-21,25,32-34H,16,22-24,26-29H2,1-10H3. The summed E-state index contributed by atoms with van der Waals surface area (Å²) in [6, 6.07) is 0. The Hall–Kier alpha value is -2.34. The minimum Gasteiger partial charge on any atom is -0.0798 e. The smallest absolute Gasteiger partial charge is 0.0170 e. The first-order chi connectivity index (χ1) is 22.1. The maximum Gasteiger partial charge on any atom is 0.0170 e. The van der Waals surface area contributed by atoms with Gasteiger partial charge < -0.3 is 0 Å². The molecule has 6 saturated carbocycles. The van der Waals surface area contributed by atoms with Crippen LogP contribution in [0.3, 0.4) is 0 Å². The lowest BCUT2D eigenvalue weighted by Crippen LogP contribution is -2.74. The lowest BCUT2D eigenvalue weighted by molar-refractivity contribution is -0.261. The highest BCUT2D eigenvalue weighted by Gasteiger charge is 2.84. The number of rotatable bonds is 2. The number of allylic oxidation sites excluding steroid dienone is 18. The molecule has 0 aliphatic heterocycles. The van der Waals surface area contributed by atoms with Gasteiger partial charge >= 0.3 is 0 Å². The second-order valence-electron chi connectivity index (χ2n) is 19.8. The fourth-order valence-corrected chi connectivity index (χ4v) is 15.9. The van der Waals surface area contributed by atoms with Crippen molar-refractivity contribution in [1.82, 2.24) is 0 Å². The summed E-state index contributed by atoms with van der Waals surface area (Å²) < 4.78 is 0. The highest BCUT2D eigenvalue weighted by atomic mass is 14.9. The SMILES string of the molecule is CC(C)=C1C=C2CC3(C)C4(C)C=CC=CC4(C)C4(C)C=CC=CC4(C)C3(C)C2(C)C(C)=C1C1=C(C23CC4CC(CC(C4)C2)C3)C=CC1. The second-order valence-corrected chi connectivity index (χ2v) is 19.8. The van der Waals surface area contributed by atoms with Crippen LogP contribution in [-0.2, 0) is 0 Å². The third-order valence-corrected chi connectivity index (χ3v) is 18.7. The average Bonchev–Trinajstić information content (AvgIpc) is 3.57. The first kappa shape index (κ1) is 30.7. The molecule has 0 amide bonds. The molecule has 10 aliphatic carbocycles. The van der Waals surface area contributed by atoms with E-state index in [1.165, 1.54) is 44.1 Å². The molecular formula is C47H60. The molecule has 47 heavy (non-hydrogen) atoms. The van der Waals surface area contributed by atoms with Crippen LogP contribution in [0.5, 0.6) is 0 Å². The highest BCUT2D eigenvalue weighted by Crippen LogP contribution is 2.90. The molecule has 0 aromatic heterocycles. The van der Waals surface area contributed by atoms with Crippen LogP contribution in [-0.4, -0.2) is 0 Å². The van der Waals surface area contributed by atoms with Crippen molar-refractivity contribution in [2.75, 3.05) is 0 Å². The van der Waals surface area contributed by atoms with Gasteiger partial charge in [-0.3, -0.25) is 0 Å². The lowest BCUT2D eigenvalue weighted by atomic mass is 9.24. The van der Waals surface area contributed by atoms with Gasteiger partial charge in [0.15, 0.2) is 0 Å². The van der Waals surface area contributed by atoms with Gasteiger partial charge in [-0.2, -0.15) is 0 Å². The topological polar surface area (TPSA) is 0 Å². The number of fused-ring (bicyclic) bond motifs is 8. The molecule has 0 radical (unpaired) electrons. The van der Waals surface area contributed by atoms with Gasteiger partial charge in [0.05, 0.1) is 0 Å². The van der Waals surface area contributed by atoms with Crippen LogP contribution in [0.15, 0.2) is 106 Å². The van der Waals surface area contributed by atoms with Crippen LogP contribution in [0, 0.1) is 61.1 Å². The Kier molecular flexibility index (Phi) is 5.79. The van der Waals surface area contributed by atoms with Crippen LogP contribution >= 0.6 is 0 Å². The molecule has 0 aromatic carbocycles. The summed E-state index contributed by atoms with van der Waals surface area (Å²) in [5.41, 5.74) is 11.7. The van der Waals surface area contributed by atoms with E-state index in [9.17, 15) is 0 Å². The first-order valence-corrected chi connectivity index (χ1v) is 19.3. The zero-order valence-corrected chi connectivity index (χ0v) is 31.2. The quantitative estimate of drug-likeness (QED) is 0.287. The summed E-state index contributed by atoms with van der Waals surface area (Å²) in [7, 11) is 0. The maximum atomic E-state index is 2.75. The summed E-state index contributed by atoms with van der Waals surface area (Å²) in [4.78, 5) is 0. The van der Waals surface area contributed by atoms with Gasteiger partial charge in [-0.05, 0) is 128 Å². The molecule has 0 spiro atoms. The van der Waals surface area contributed by atoms with E-state index in [2.05, 4.69) is 136 Å². The average molecular weight is 625 g/mol. The fourth-order valence-electron chi connectivity index (χ4n) is 15.9. The van der Waals surface area contributed by atoms with Crippen LogP contribution in [0.25, 0.3) is 0 Å². The van der Waals surface area contributed by atoms with Crippen molar-refractivity contribution in [3.05, 3.63) is 106 Å². The van der Waals surface area contributed by atoms with E-state index < -0.39 is 0 Å². The summed E-state index contributed by atoms with van der Waals surface area (Å²) >= 11 is 0. The molecule has 10 aliphatic rings. The Balaban J connectivity index is 1.32. The molecule has 7 unspecified atom stereocenters. The minimum absolute atomic E-state index is 0.0153. The number of hydrogen-bond donors (Lipinski definition) is 0. The van der Waals surface area contributed by atoms with Gasteiger partial charge in [-0.1, -0.05) is 132 Å². The zero-order valence-electron chi connectivity index (χ0n) is 31.2.